The summed E-state index contributed by atoms with van der Waals surface area (Å²) in [6, 6.07) is 5.39. The van der Waals surface area contributed by atoms with E-state index < -0.39 is 11.6 Å². The summed E-state index contributed by atoms with van der Waals surface area (Å²) in [7, 11) is 0. The van der Waals surface area contributed by atoms with Crippen molar-refractivity contribution in [3.63, 3.8) is 0 Å². The third-order valence-electron chi connectivity index (χ3n) is 1.93. The summed E-state index contributed by atoms with van der Waals surface area (Å²) in [6.07, 6.45) is -0.195. The number of halogens is 1. The van der Waals surface area contributed by atoms with Crippen molar-refractivity contribution in [1.29, 1.82) is 0 Å². The van der Waals surface area contributed by atoms with Crippen LogP contribution in [-0.4, -0.2) is 23.3 Å². The van der Waals surface area contributed by atoms with Crippen molar-refractivity contribution < 1.29 is 19.1 Å². The van der Waals surface area contributed by atoms with Gasteiger partial charge in [-0.3, -0.25) is 9.59 Å². The zero-order valence-electron chi connectivity index (χ0n) is 8.07. The van der Waals surface area contributed by atoms with E-state index >= 15 is 0 Å². The summed E-state index contributed by atoms with van der Waals surface area (Å²) in [5.41, 5.74) is 0.590. The molecule has 0 saturated heterocycles. The van der Waals surface area contributed by atoms with Crippen LogP contribution in [0.15, 0.2) is 24.3 Å². The number of hydrogen-bond acceptors (Lipinski definition) is 3. The first kappa shape index (κ1) is 11.5. The van der Waals surface area contributed by atoms with Gasteiger partial charge in [0.2, 0.25) is 11.6 Å². The van der Waals surface area contributed by atoms with E-state index in [1.807, 2.05) is 0 Å². The molecule has 0 amide bonds. The van der Waals surface area contributed by atoms with E-state index in [1.165, 1.54) is 24.3 Å². The maximum absolute atomic E-state index is 12.5. The molecule has 0 atom stereocenters. The van der Waals surface area contributed by atoms with E-state index in [0.29, 0.717) is 5.56 Å². The van der Waals surface area contributed by atoms with Gasteiger partial charge in [0.05, 0.1) is 6.61 Å². The smallest absolute Gasteiger partial charge is 0.202 e. The van der Waals surface area contributed by atoms with E-state index in [2.05, 4.69) is 0 Å². The molecule has 4 heteroatoms. The van der Waals surface area contributed by atoms with Crippen LogP contribution in [0.25, 0.3) is 0 Å². The Morgan fingerprint density at radius 3 is 2.27 bits per heavy atom. The molecule has 0 aliphatic rings. The Morgan fingerprint density at radius 1 is 1.13 bits per heavy atom. The standard InChI is InChI=1S/C11H11FO3/c12-9-3-1-8(2-4-9)7-11(15)10(14)5-6-13/h1-4,13H,5-7H2. The van der Waals surface area contributed by atoms with Crippen molar-refractivity contribution in [3.8, 4) is 0 Å². The van der Waals surface area contributed by atoms with Crippen molar-refractivity contribution in [2.45, 2.75) is 12.8 Å². The van der Waals surface area contributed by atoms with Crippen molar-refractivity contribution in [3.05, 3.63) is 35.6 Å². The number of rotatable bonds is 5. The van der Waals surface area contributed by atoms with Crippen LogP contribution in [0.5, 0.6) is 0 Å². The Hall–Kier alpha value is -1.55. The fourth-order valence-electron chi connectivity index (χ4n) is 1.13. The summed E-state index contributed by atoms with van der Waals surface area (Å²) < 4.78 is 12.5. The lowest BCUT2D eigenvalue weighted by molar-refractivity contribution is -0.136. The minimum Gasteiger partial charge on any atom is -0.396 e. The topological polar surface area (TPSA) is 54.4 Å². The normalized spacial score (nSPS) is 10.0. The lowest BCUT2D eigenvalue weighted by Crippen LogP contribution is -2.17. The molecule has 0 spiro atoms. The fraction of sp³-hybridized carbons (Fsp3) is 0.273. The van der Waals surface area contributed by atoms with Crippen molar-refractivity contribution in [2.75, 3.05) is 6.61 Å². The molecule has 80 valence electrons. The molecule has 0 unspecified atom stereocenters. The molecular formula is C11H11FO3. The highest BCUT2D eigenvalue weighted by Crippen LogP contribution is 2.04. The second-order valence-electron chi connectivity index (χ2n) is 3.12. The minimum absolute atomic E-state index is 0.0425. The second-order valence-corrected chi connectivity index (χ2v) is 3.12. The van der Waals surface area contributed by atoms with Gasteiger partial charge in [-0.1, -0.05) is 12.1 Å². The lowest BCUT2D eigenvalue weighted by atomic mass is 10.1. The zero-order chi connectivity index (χ0) is 11.3. The fourth-order valence-corrected chi connectivity index (χ4v) is 1.13. The Kier molecular flexibility index (Phi) is 4.12. The number of carbonyl (C=O) groups excluding carboxylic acids is 2. The van der Waals surface area contributed by atoms with Crippen LogP contribution in [0, 0.1) is 5.82 Å². The lowest BCUT2D eigenvalue weighted by Gasteiger charge is -1.99. The minimum atomic E-state index is -0.596. The molecule has 1 rings (SSSR count). The van der Waals surface area contributed by atoms with Crippen molar-refractivity contribution in [2.24, 2.45) is 0 Å². The molecule has 1 aromatic carbocycles. The largest absolute Gasteiger partial charge is 0.396 e. The first-order valence-electron chi connectivity index (χ1n) is 4.55. The van der Waals surface area contributed by atoms with Crippen LogP contribution in [0.2, 0.25) is 0 Å². The molecular weight excluding hydrogens is 199 g/mol. The molecule has 0 aliphatic carbocycles. The maximum Gasteiger partial charge on any atom is 0.202 e. The summed E-state index contributed by atoms with van der Waals surface area (Å²) >= 11 is 0. The van der Waals surface area contributed by atoms with Crippen LogP contribution in [0.3, 0.4) is 0 Å². The van der Waals surface area contributed by atoms with Gasteiger partial charge in [0.1, 0.15) is 5.82 Å². The molecule has 0 bridgehead atoms. The van der Waals surface area contributed by atoms with Gasteiger partial charge in [-0.05, 0) is 17.7 Å². The van der Waals surface area contributed by atoms with Gasteiger partial charge in [-0.25, -0.2) is 4.39 Å². The first-order chi connectivity index (χ1) is 7.13. The van der Waals surface area contributed by atoms with Gasteiger partial charge in [-0.2, -0.15) is 0 Å². The van der Waals surface area contributed by atoms with Gasteiger partial charge in [0, 0.05) is 12.8 Å². The summed E-state index contributed by atoms with van der Waals surface area (Å²) in [5.74, 6) is -1.54. The average Bonchev–Trinajstić information content (AvgIpc) is 2.22. The highest BCUT2D eigenvalue weighted by atomic mass is 19.1. The predicted octanol–water partition coefficient (Wildman–Crippen LogP) is 0.889. The van der Waals surface area contributed by atoms with E-state index in [4.69, 9.17) is 5.11 Å². The van der Waals surface area contributed by atoms with Gasteiger partial charge in [0.25, 0.3) is 0 Å². The maximum atomic E-state index is 12.5. The summed E-state index contributed by atoms with van der Waals surface area (Å²) in [6.45, 7) is -0.325. The molecule has 3 nitrogen and oxygen atoms in total. The van der Waals surface area contributed by atoms with E-state index in [0.717, 1.165) is 0 Å². The number of benzene rings is 1. The second kappa shape index (κ2) is 5.36. The van der Waals surface area contributed by atoms with Gasteiger partial charge in [0.15, 0.2) is 0 Å². The highest BCUT2D eigenvalue weighted by molar-refractivity contribution is 6.37. The third kappa shape index (κ3) is 3.59. The molecule has 15 heavy (non-hydrogen) atoms. The van der Waals surface area contributed by atoms with E-state index in [9.17, 15) is 14.0 Å². The van der Waals surface area contributed by atoms with Gasteiger partial charge in [-0.15, -0.1) is 0 Å². The molecule has 0 fully saturated rings. The molecule has 0 heterocycles. The van der Waals surface area contributed by atoms with Crippen molar-refractivity contribution in [1.82, 2.24) is 0 Å². The molecule has 1 N–H and O–H groups in total. The van der Waals surface area contributed by atoms with Crippen LogP contribution in [0.4, 0.5) is 4.39 Å². The average molecular weight is 210 g/mol. The first-order valence-corrected chi connectivity index (χ1v) is 4.55. The van der Waals surface area contributed by atoms with Gasteiger partial charge < -0.3 is 5.11 Å². The van der Waals surface area contributed by atoms with Crippen LogP contribution >= 0.6 is 0 Å². The zero-order valence-corrected chi connectivity index (χ0v) is 8.07. The van der Waals surface area contributed by atoms with Crippen LogP contribution in [0.1, 0.15) is 12.0 Å². The monoisotopic (exact) mass is 210 g/mol. The highest BCUT2D eigenvalue weighted by Gasteiger charge is 2.13. The Labute approximate surface area is 86.5 Å². The number of ketones is 2. The molecule has 0 radical (unpaired) electrons. The Balaban J connectivity index is 2.58. The SMILES string of the molecule is O=C(CCO)C(=O)Cc1ccc(F)cc1. The molecule has 0 aromatic heterocycles. The van der Waals surface area contributed by atoms with Gasteiger partial charge >= 0.3 is 0 Å². The third-order valence-corrected chi connectivity index (χ3v) is 1.93. The number of aliphatic hydroxyl groups is 1. The Bertz CT molecular complexity index is 357. The van der Waals surface area contributed by atoms with Crippen LogP contribution in [-0.2, 0) is 16.0 Å². The van der Waals surface area contributed by atoms with Crippen molar-refractivity contribution >= 4 is 11.6 Å². The van der Waals surface area contributed by atoms with E-state index in [1.54, 1.807) is 0 Å². The number of carbonyl (C=O) groups is 2. The molecule has 0 aliphatic heterocycles. The van der Waals surface area contributed by atoms with Crippen LogP contribution < -0.4 is 0 Å². The number of Topliss-reactive ketones (excluding diaryl/α,β-unsaturated/α-hetero) is 2. The molecule has 0 saturated carbocycles. The quantitative estimate of drug-likeness (QED) is 0.734. The summed E-state index contributed by atoms with van der Waals surface area (Å²) in [5, 5.41) is 8.47. The van der Waals surface area contributed by atoms with E-state index in [-0.39, 0.29) is 25.3 Å². The number of hydrogen-bond donors (Lipinski definition) is 1. The number of aliphatic hydroxyl groups excluding tert-OH is 1. The molecule has 1 aromatic rings. The Morgan fingerprint density at radius 2 is 1.73 bits per heavy atom. The predicted molar refractivity (Wildman–Crippen MR) is 51.8 cm³/mol. The summed E-state index contributed by atoms with van der Waals surface area (Å²) in [4.78, 5) is 22.3.